The summed E-state index contributed by atoms with van der Waals surface area (Å²) in [4.78, 5) is 26.6. The first-order valence-electron chi connectivity index (χ1n) is 9.29. The smallest absolute Gasteiger partial charge is 0.318 e. The van der Waals surface area contributed by atoms with Crippen molar-refractivity contribution in [2.75, 3.05) is 5.32 Å². The van der Waals surface area contributed by atoms with Gasteiger partial charge in [0.2, 0.25) is 0 Å². The lowest BCUT2D eigenvalue weighted by atomic mass is 10.0. The first-order chi connectivity index (χ1) is 12.5. The molecule has 3 heterocycles. The molecule has 136 valence electrons. The Morgan fingerprint density at radius 3 is 2.42 bits per heavy atom. The molecule has 2 aromatic rings. The molecule has 0 aliphatic carbocycles. The van der Waals surface area contributed by atoms with E-state index in [2.05, 4.69) is 10.4 Å². The first kappa shape index (κ1) is 16.8. The minimum absolute atomic E-state index is 0.0465. The lowest BCUT2D eigenvalue weighted by molar-refractivity contribution is -0.122. The number of anilines is 1. The van der Waals surface area contributed by atoms with Gasteiger partial charge in [-0.05, 0) is 26.7 Å². The van der Waals surface area contributed by atoms with E-state index in [1.165, 1.54) is 0 Å². The van der Waals surface area contributed by atoms with Gasteiger partial charge in [0, 0.05) is 42.6 Å². The number of fused-ring (bicyclic) bond motifs is 2. The van der Waals surface area contributed by atoms with Gasteiger partial charge in [0.15, 0.2) is 0 Å². The number of nitrogens with one attached hydrogen (secondary N) is 1. The van der Waals surface area contributed by atoms with Gasteiger partial charge < -0.3 is 4.90 Å². The summed E-state index contributed by atoms with van der Waals surface area (Å²) in [5, 5.41) is 7.72. The van der Waals surface area contributed by atoms with Crippen LogP contribution in [0.1, 0.15) is 45.6 Å². The van der Waals surface area contributed by atoms with Crippen molar-refractivity contribution in [3.8, 4) is 11.3 Å². The van der Waals surface area contributed by atoms with Crippen LogP contribution in [0, 0.1) is 0 Å². The zero-order valence-electron chi connectivity index (χ0n) is 15.2. The lowest BCUT2D eigenvalue weighted by Crippen LogP contribution is -2.48. The van der Waals surface area contributed by atoms with E-state index in [4.69, 9.17) is 0 Å². The summed E-state index contributed by atoms with van der Waals surface area (Å²) >= 11 is 0. The van der Waals surface area contributed by atoms with E-state index in [0.717, 1.165) is 24.1 Å². The molecule has 2 bridgehead atoms. The molecule has 2 amide bonds. The van der Waals surface area contributed by atoms with E-state index in [9.17, 15) is 9.59 Å². The fourth-order valence-corrected chi connectivity index (χ4v) is 4.11. The molecule has 2 aliphatic heterocycles. The molecule has 0 spiro atoms. The maximum absolute atomic E-state index is 12.9. The lowest BCUT2D eigenvalue weighted by Gasteiger charge is -2.34. The highest BCUT2D eigenvalue weighted by atomic mass is 16.2. The molecule has 6 heteroatoms. The van der Waals surface area contributed by atoms with Crippen LogP contribution in [-0.4, -0.2) is 38.6 Å². The standard InChI is InChI=1S/C20H24N4O2/c1-13(2)24-19(12-18(22-24)14-6-4-3-5-7-14)21-20(26)23-15-8-9-16(23)11-17(25)10-15/h3-7,12-13,15-16H,8-11H2,1-2H3,(H,21,26). The largest absolute Gasteiger partial charge is 0.323 e. The Morgan fingerprint density at radius 2 is 1.81 bits per heavy atom. The molecule has 2 saturated heterocycles. The zero-order valence-corrected chi connectivity index (χ0v) is 15.2. The minimum Gasteiger partial charge on any atom is -0.318 e. The molecule has 6 nitrogen and oxygen atoms in total. The van der Waals surface area contributed by atoms with Crippen molar-refractivity contribution in [2.24, 2.45) is 0 Å². The summed E-state index contributed by atoms with van der Waals surface area (Å²) in [6.45, 7) is 4.08. The van der Waals surface area contributed by atoms with Crippen LogP contribution >= 0.6 is 0 Å². The number of ketones is 1. The Bertz CT molecular complexity index is 812. The van der Waals surface area contributed by atoms with Crippen molar-refractivity contribution in [2.45, 2.75) is 57.7 Å². The molecule has 26 heavy (non-hydrogen) atoms. The normalized spacial score (nSPS) is 22.1. The number of nitrogens with zero attached hydrogens (tertiary/aromatic N) is 3. The topological polar surface area (TPSA) is 67.2 Å². The number of hydrogen-bond donors (Lipinski definition) is 1. The first-order valence-corrected chi connectivity index (χ1v) is 9.29. The highest BCUT2D eigenvalue weighted by Crippen LogP contribution is 2.34. The summed E-state index contributed by atoms with van der Waals surface area (Å²) < 4.78 is 1.84. The highest BCUT2D eigenvalue weighted by molar-refractivity contribution is 5.92. The summed E-state index contributed by atoms with van der Waals surface area (Å²) in [7, 11) is 0. The number of rotatable bonds is 3. The van der Waals surface area contributed by atoms with E-state index in [-0.39, 0.29) is 29.9 Å². The molecule has 0 radical (unpaired) electrons. The van der Waals surface area contributed by atoms with Crippen LogP contribution in [0.4, 0.5) is 10.6 Å². The summed E-state index contributed by atoms with van der Waals surface area (Å²) in [6.07, 6.45) is 2.82. The number of aromatic nitrogens is 2. The van der Waals surface area contributed by atoms with Crippen LogP contribution in [0.5, 0.6) is 0 Å². The number of Topliss-reactive ketones (excluding diaryl/α,β-unsaturated/α-hetero) is 1. The van der Waals surface area contributed by atoms with E-state index >= 15 is 0 Å². The third-order valence-electron chi connectivity index (χ3n) is 5.31. The Labute approximate surface area is 153 Å². The Morgan fingerprint density at radius 1 is 1.15 bits per heavy atom. The third-order valence-corrected chi connectivity index (χ3v) is 5.31. The van der Waals surface area contributed by atoms with Gasteiger partial charge in [0.1, 0.15) is 11.6 Å². The number of benzene rings is 1. The molecule has 1 aromatic carbocycles. The maximum Gasteiger partial charge on any atom is 0.323 e. The second kappa shape index (κ2) is 6.59. The minimum atomic E-state index is -0.119. The van der Waals surface area contributed by atoms with Gasteiger partial charge in [-0.25, -0.2) is 9.48 Å². The molecule has 1 N–H and O–H groups in total. The van der Waals surface area contributed by atoms with Gasteiger partial charge >= 0.3 is 6.03 Å². The molecule has 0 saturated carbocycles. The van der Waals surface area contributed by atoms with Crippen molar-refractivity contribution < 1.29 is 9.59 Å². The van der Waals surface area contributed by atoms with Crippen molar-refractivity contribution in [3.05, 3.63) is 36.4 Å². The predicted molar refractivity (Wildman–Crippen MR) is 100.0 cm³/mol. The van der Waals surface area contributed by atoms with E-state index in [0.29, 0.717) is 18.7 Å². The zero-order chi connectivity index (χ0) is 18.3. The number of piperidine rings is 1. The summed E-state index contributed by atoms with van der Waals surface area (Å²) in [5.74, 6) is 0.972. The second-order valence-electron chi connectivity index (χ2n) is 7.49. The van der Waals surface area contributed by atoms with Crippen LogP contribution in [0.25, 0.3) is 11.3 Å². The Hall–Kier alpha value is -2.63. The molecule has 4 rings (SSSR count). The van der Waals surface area contributed by atoms with Crippen LogP contribution in [0.15, 0.2) is 36.4 Å². The van der Waals surface area contributed by atoms with Crippen LogP contribution in [0.3, 0.4) is 0 Å². The fraction of sp³-hybridized carbons (Fsp3) is 0.450. The average molecular weight is 352 g/mol. The molecular formula is C20H24N4O2. The quantitative estimate of drug-likeness (QED) is 0.912. The van der Waals surface area contributed by atoms with Crippen molar-refractivity contribution in [1.29, 1.82) is 0 Å². The molecule has 2 unspecified atom stereocenters. The SMILES string of the molecule is CC(C)n1nc(-c2ccccc2)cc1NC(=O)N1C2CCC1CC(=O)C2. The Balaban J connectivity index is 1.59. The maximum atomic E-state index is 12.9. The number of carbonyl (C=O) groups is 2. The van der Waals surface area contributed by atoms with Crippen molar-refractivity contribution in [3.63, 3.8) is 0 Å². The third kappa shape index (κ3) is 3.00. The number of amides is 2. The predicted octanol–water partition coefficient (Wildman–Crippen LogP) is 3.86. The van der Waals surface area contributed by atoms with Gasteiger partial charge in [-0.2, -0.15) is 5.10 Å². The number of carbonyl (C=O) groups excluding carboxylic acids is 2. The Kier molecular flexibility index (Phi) is 4.26. The summed E-state index contributed by atoms with van der Waals surface area (Å²) in [5.41, 5.74) is 1.86. The second-order valence-corrected chi connectivity index (χ2v) is 7.49. The van der Waals surface area contributed by atoms with Gasteiger partial charge in [0.05, 0.1) is 5.69 Å². The van der Waals surface area contributed by atoms with E-state index < -0.39 is 0 Å². The van der Waals surface area contributed by atoms with Gasteiger partial charge in [-0.1, -0.05) is 30.3 Å². The molecule has 2 aliphatic rings. The molecule has 2 fully saturated rings. The fourth-order valence-electron chi connectivity index (χ4n) is 4.11. The number of urea groups is 1. The van der Waals surface area contributed by atoms with Crippen LogP contribution in [0.2, 0.25) is 0 Å². The number of hydrogen-bond acceptors (Lipinski definition) is 3. The average Bonchev–Trinajstić information content (AvgIpc) is 3.15. The van der Waals surface area contributed by atoms with E-state index in [1.54, 1.807) is 0 Å². The highest BCUT2D eigenvalue weighted by Gasteiger charge is 2.43. The monoisotopic (exact) mass is 352 g/mol. The molecular weight excluding hydrogens is 328 g/mol. The van der Waals surface area contributed by atoms with Gasteiger partial charge in [0.25, 0.3) is 0 Å². The van der Waals surface area contributed by atoms with Crippen molar-refractivity contribution >= 4 is 17.6 Å². The van der Waals surface area contributed by atoms with Crippen LogP contribution in [-0.2, 0) is 4.79 Å². The van der Waals surface area contributed by atoms with Gasteiger partial charge in [-0.15, -0.1) is 0 Å². The van der Waals surface area contributed by atoms with Crippen LogP contribution < -0.4 is 5.32 Å². The summed E-state index contributed by atoms with van der Waals surface area (Å²) in [6, 6.07) is 12.0. The van der Waals surface area contributed by atoms with Crippen molar-refractivity contribution in [1.82, 2.24) is 14.7 Å². The van der Waals surface area contributed by atoms with E-state index in [1.807, 2.05) is 59.8 Å². The molecule has 1 aromatic heterocycles. The molecule has 2 atom stereocenters. The van der Waals surface area contributed by atoms with Gasteiger partial charge in [-0.3, -0.25) is 10.1 Å².